The lowest BCUT2D eigenvalue weighted by atomic mass is 9.93. The highest BCUT2D eigenvalue weighted by Crippen LogP contribution is 2.30. The Bertz CT molecular complexity index is 414. The standard InChI is InChI=1S/C13H17NO2/c1-9-4-5-12-11(6-9)7-10(2)8-14(12)13(15)16-3/h4-6,10H,7-8H2,1-3H3. The van der Waals surface area contributed by atoms with Gasteiger partial charge in [0.25, 0.3) is 0 Å². The van der Waals surface area contributed by atoms with Crippen LogP contribution >= 0.6 is 0 Å². The number of nitrogens with zero attached hydrogens (tertiary/aromatic N) is 1. The number of carbonyl (C=O) groups excluding carboxylic acids is 1. The predicted molar refractivity (Wildman–Crippen MR) is 63.8 cm³/mol. The minimum atomic E-state index is -0.267. The van der Waals surface area contributed by atoms with Gasteiger partial charge in [-0.2, -0.15) is 0 Å². The van der Waals surface area contributed by atoms with Gasteiger partial charge in [-0.1, -0.05) is 24.6 Å². The number of carbonyl (C=O) groups is 1. The highest BCUT2D eigenvalue weighted by Gasteiger charge is 2.26. The molecule has 0 aliphatic carbocycles. The van der Waals surface area contributed by atoms with E-state index in [2.05, 4.69) is 19.9 Å². The van der Waals surface area contributed by atoms with Gasteiger partial charge in [0.2, 0.25) is 0 Å². The molecule has 0 fully saturated rings. The topological polar surface area (TPSA) is 29.5 Å². The summed E-state index contributed by atoms with van der Waals surface area (Å²) < 4.78 is 4.81. The molecule has 1 heterocycles. The van der Waals surface area contributed by atoms with Crippen molar-refractivity contribution in [3.8, 4) is 0 Å². The molecule has 0 saturated heterocycles. The molecule has 3 heteroatoms. The van der Waals surface area contributed by atoms with Gasteiger partial charge in [0.1, 0.15) is 0 Å². The number of methoxy groups -OCH3 is 1. The number of anilines is 1. The zero-order valence-electron chi connectivity index (χ0n) is 9.99. The van der Waals surface area contributed by atoms with Gasteiger partial charge in [-0.25, -0.2) is 4.79 Å². The number of hydrogen-bond donors (Lipinski definition) is 0. The largest absolute Gasteiger partial charge is 0.452 e. The van der Waals surface area contributed by atoms with E-state index in [1.807, 2.05) is 12.1 Å². The van der Waals surface area contributed by atoms with Crippen LogP contribution in [0.25, 0.3) is 0 Å². The zero-order chi connectivity index (χ0) is 11.7. The average molecular weight is 219 g/mol. The molecule has 2 rings (SSSR count). The molecule has 0 bridgehead atoms. The molecule has 16 heavy (non-hydrogen) atoms. The van der Waals surface area contributed by atoms with Crippen molar-refractivity contribution >= 4 is 11.8 Å². The fraction of sp³-hybridized carbons (Fsp3) is 0.462. The van der Waals surface area contributed by atoms with Crippen molar-refractivity contribution in [3.05, 3.63) is 29.3 Å². The highest BCUT2D eigenvalue weighted by atomic mass is 16.5. The van der Waals surface area contributed by atoms with E-state index in [0.717, 1.165) is 18.7 Å². The Labute approximate surface area is 96.0 Å². The summed E-state index contributed by atoms with van der Waals surface area (Å²) >= 11 is 0. The van der Waals surface area contributed by atoms with Gasteiger partial charge >= 0.3 is 6.09 Å². The van der Waals surface area contributed by atoms with Crippen LogP contribution in [0.2, 0.25) is 0 Å². The summed E-state index contributed by atoms with van der Waals surface area (Å²) in [6.07, 6.45) is 0.765. The summed E-state index contributed by atoms with van der Waals surface area (Å²) in [5, 5.41) is 0. The minimum Gasteiger partial charge on any atom is -0.452 e. The maximum atomic E-state index is 11.7. The normalized spacial score (nSPS) is 19.2. The van der Waals surface area contributed by atoms with Crippen LogP contribution in [0.1, 0.15) is 18.1 Å². The molecule has 1 aliphatic heterocycles. The van der Waals surface area contributed by atoms with Crippen molar-refractivity contribution in [2.75, 3.05) is 18.6 Å². The van der Waals surface area contributed by atoms with E-state index in [9.17, 15) is 4.79 Å². The summed E-state index contributed by atoms with van der Waals surface area (Å²) in [5.41, 5.74) is 3.47. The molecule has 1 amide bonds. The first-order valence-corrected chi connectivity index (χ1v) is 5.57. The van der Waals surface area contributed by atoms with E-state index in [1.54, 1.807) is 4.90 Å². The molecule has 1 unspecified atom stereocenters. The monoisotopic (exact) mass is 219 g/mol. The summed E-state index contributed by atoms with van der Waals surface area (Å²) in [6, 6.07) is 6.19. The van der Waals surface area contributed by atoms with E-state index in [-0.39, 0.29) is 6.09 Å². The van der Waals surface area contributed by atoms with Crippen molar-refractivity contribution in [2.24, 2.45) is 5.92 Å². The van der Waals surface area contributed by atoms with Crippen LogP contribution in [0.15, 0.2) is 18.2 Å². The summed E-state index contributed by atoms with van der Waals surface area (Å²) in [7, 11) is 1.43. The molecule has 1 atom stereocenters. The van der Waals surface area contributed by atoms with Gasteiger partial charge in [-0.05, 0) is 30.9 Å². The molecule has 0 spiro atoms. The number of aryl methyl sites for hydroxylation is 1. The van der Waals surface area contributed by atoms with Crippen LogP contribution in [0, 0.1) is 12.8 Å². The van der Waals surface area contributed by atoms with Crippen LogP contribution in [0.4, 0.5) is 10.5 Å². The molecular formula is C13H17NO2. The van der Waals surface area contributed by atoms with Crippen molar-refractivity contribution in [1.29, 1.82) is 0 Å². The number of hydrogen-bond acceptors (Lipinski definition) is 2. The second-order valence-corrected chi connectivity index (χ2v) is 4.52. The van der Waals surface area contributed by atoms with E-state index in [0.29, 0.717) is 5.92 Å². The number of fused-ring (bicyclic) bond motifs is 1. The maximum absolute atomic E-state index is 11.7. The Morgan fingerprint density at radius 1 is 1.50 bits per heavy atom. The lowest BCUT2D eigenvalue weighted by molar-refractivity contribution is 0.177. The van der Waals surface area contributed by atoms with Gasteiger partial charge in [0, 0.05) is 6.54 Å². The van der Waals surface area contributed by atoms with E-state index < -0.39 is 0 Å². The fourth-order valence-corrected chi connectivity index (χ4v) is 2.27. The third kappa shape index (κ3) is 1.90. The van der Waals surface area contributed by atoms with Gasteiger partial charge in [-0.3, -0.25) is 4.90 Å². The number of benzene rings is 1. The van der Waals surface area contributed by atoms with E-state index in [1.165, 1.54) is 18.2 Å². The zero-order valence-corrected chi connectivity index (χ0v) is 9.99. The predicted octanol–water partition coefficient (Wildman–Crippen LogP) is 2.76. The molecule has 0 aromatic heterocycles. The first-order chi connectivity index (χ1) is 7.61. The van der Waals surface area contributed by atoms with Gasteiger partial charge in [0.15, 0.2) is 0 Å². The van der Waals surface area contributed by atoms with Crippen LogP contribution in [-0.2, 0) is 11.2 Å². The summed E-state index contributed by atoms with van der Waals surface area (Å²) in [4.78, 5) is 13.4. The molecular weight excluding hydrogens is 202 g/mol. The lowest BCUT2D eigenvalue weighted by Crippen LogP contribution is -2.39. The molecule has 1 aliphatic rings. The quantitative estimate of drug-likeness (QED) is 0.671. The summed E-state index contributed by atoms with van der Waals surface area (Å²) in [6.45, 7) is 4.96. The second kappa shape index (κ2) is 4.16. The first-order valence-electron chi connectivity index (χ1n) is 5.57. The molecule has 3 nitrogen and oxygen atoms in total. The van der Waals surface area contributed by atoms with Gasteiger partial charge < -0.3 is 4.74 Å². The van der Waals surface area contributed by atoms with Gasteiger partial charge in [0.05, 0.1) is 12.8 Å². The van der Waals surface area contributed by atoms with Crippen LogP contribution in [0.5, 0.6) is 0 Å². The molecule has 1 aromatic rings. The van der Waals surface area contributed by atoms with E-state index in [4.69, 9.17) is 4.74 Å². The SMILES string of the molecule is COC(=O)N1CC(C)Cc2cc(C)ccc21. The molecule has 86 valence electrons. The lowest BCUT2D eigenvalue weighted by Gasteiger charge is -2.32. The Balaban J connectivity index is 2.41. The minimum absolute atomic E-state index is 0.267. The maximum Gasteiger partial charge on any atom is 0.414 e. The Hall–Kier alpha value is -1.51. The fourth-order valence-electron chi connectivity index (χ4n) is 2.27. The molecule has 1 aromatic carbocycles. The number of amides is 1. The molecule has 0 N–H and O–H groups in total. The summed E-state index contributed by atoms with van der Waals surface area (Å²) in [5.74, 6) is 0.480. The third-order valence-corrected chi connectivity index (χ3v) is 2.98. The molecule has 0 saturated carbocycles. The number of ether oxygens (including phenoxy) is 1. The Morgan fingerprint density at radius 2 is 2.25 bits per heavy atom. The third-order valence-electron chi connectivity index (χ3n) is 2.98. The highest BCUT2D eigenvalue weighted by molar-refractivity contribution is 5.89. The van der Waals surface area contributed by atoms with Crippen molar-refractivity contribution < 1.29 is 9.53 Å². The first kappa shape index (κ1) is 11.0. The van der Waals surface area contributed by atoms with E-state index >= 15 is 0 Å². The smallest absolute Gasteiger partial charge is 0.414 e. The second-order valence-electron chi connectivity index (χ2n) is 4.52. The van der Waals surface area contributed by atoms with Crippen molar-refractivity contribution in [2.45, 2.75) is 20.3 Å². The Morgan fingerprint density at radius 3 is 2.94 bits per heavy atom. The Kier molecular flexibility index (Phi) is 2.86. The number of rotatable bonds is 0. The van der Waals surface area contributed by atoms with Crippen LogP contribution in [-0.4, -0.2) is 19.7 Å². The van der Waals surface area contributed by atoms with Crippen molar-refractivity contribution in [3.63, 3.8) is 0 Å². The van der Waals surface area contributed by atoms with Gasteiger partial charge in [-0.15, -0.1) is 0 Å². The van der Waals surface area contributed by atoms with Crippen LogP contribution < -0.4 is 4.90 Å². The van der Waals surface area contributed by atoms with Crippen LogP contribution in [0.3, 0.4) is 0 Å². The van der Waals surface area contributed by atoms with Crippen molar-refractivity contribution in [1.82, 2.24) is 0 Å². The molecule has 0 radical (unpaired) electrons. The average Bonchev–Trinajstić information content (AvgIpc) is 2.26.